The maximum Gasteiger partial charge on any atom is 0.161 e. The molecular formula is C37H26N2S. The fourth-order valence-corrected chi connectivity index (χ4v) is 7.60. The first-order chi connectivity index (χ1) is 19.6. The molecule has 0 N–H and O–H groups in total. The number of hydrogen-bond donors (Lipinski definition) is 0. The number of benzene rings is 5. The lowest BCUT2D eigenvalue weighted by Gasteiger charge is -2.22. The standard InChI is InChI=1S/C37H26N2S/c1-37(2)28-19-11-9-17-25(28)34-29(37)21-27(33-26-18-10-12-20-32(26)40-35(33)34)36-38-30(23-13-5-3-6-14-23)22-31(39-36)24-15-7-4-8-16-24/h3-22H,1-2H3. The number of hydrogen-bond acceptors (Lipinski definition) is 3. The average molecular weight is 531 g/mol. The fraction of sp³-hybridized carbons (Fsp3) is 0.0811. The Bertz CT molecular complexity index is 2010. The van der Waals surface area contributed by atoms with Crippen LogP contribution in [0.15, 0.2) is 121 Å². The highest BCUT2D eigenvalue weighted by Gasteiger charge is 2.38. The summed E-state index contributed by atoms with van der Waals surface area (Å²) >= 11 is 1.89. The van der Waals surface area contributed by atoms with E-state index < -0.39 is 0 Å². The minimum atomic E-state index is -0.121. The number of thiophene rings is 1. The molecule has 8 rings (SSSR count). The third-order valence-corrected chi connectivity index (χ3v) is 9.49. The van der Waals surface area contributed by atoms with Crippen LogP contribution in [-0.2, 0) is 5.41 Å². The van der Waals surface area contributed by atoms with Crippen LogP contribution in [0, 0.1) is 0 Å². The van der Waals surface area contributed by atoms with Gasteiger partial charge in [-0.25, -0.2) is 9.97 Å². The van der Waals surface area contributed by atoms with Gasteiger partial charge in [-0.2, -0.15) is 0 Å². The van der Waals surface area contributed by atoms with Gasteiger partial charge in [-0.3, -0.25) is 0 Å². The Morgan fingerprint density at radius 3 is 1.88 bits per heavy atom. The van der Waals surface area contributed by atoms with Crippen LogP contribution >= 0.6 is 11.3 Å². The first-order valence-electron chi connectivity index (χ1n) is 13.7. The molecule has 0 unspecified atom stereocenters. The molecule has 0 fully saturated rings. The van der Waals surface area contributed by atoms with Gasteiger partial charge in [0.2, 0.25) is 0 Å². The van der Waals surface area contributed by atoms with E-state index in [-0.39, 0.29) is 5.41 Å². The lowest BCUT2D eigenvalue weighted by Crippen LogP contribution is -2.15. The second kappa shape index (κ2) is 8.70. The smallest absolute Gasteiger partial charge is 0.161 e. The molecular weight excluding hydrogens is 504 g/mol. The van der Waals surface area contributed by atoms with Crippen molar-refractivity contribution in [3.63, 3.8) is 0 Å². The zero-order chi connectivity index (χ0) is 26.8. The third-order valence-electron chi connectivity index (χ3n) is 8.30. The maximum atomic E-state index is 5.25. The molecule has 0 amide bonds. The molecule has 190 valence electrons. The Hall–Kier alpha value is -4.60. The molecule has 0 bridgehead atoms. The van der Waals surface area contributed by atoms with Crippen molar-refractivity contribution in [1.82, 2.24) is 9.97 Å². The van der Waals surface area contributed by atoms with E-state index in [2.05, 4.69) is 123 Å². The van der Waals surface area contributed by atoms with E-state index in [0.29, 0.717) is 0 Å². The van der Waals surface area contributed by atoms with Crippen molar-refractivity contribution in [3.05, 3.63) is 132 Å². The topological polar surface area (TPSA) is 25.8 Å². The SMILES string of the molecule is CC1(C)c2ccccc2-c2c1cc(-c1nc(-c3ccccc3)cc(-c3ccccc3)n1)c1c2sc2ccccc21. The lowest BCUT2D eigenvalue weighted by molar-refractivity contribution is 0.661. The maximum absolute atomic E-state index is 5.25. The highest BCUT2D eigenvalue weighted by atomic mass is 32.1. The van der Waals surface area contributed by atoms with Crippen molar-refractivity contribution < 1.29 is 0 Å². The van der Waals surface area contributed by atoms with E-state index in [1.165, 1.54) is 42.4 Å². The molecule has 2 nitrogen and oxygen atoms in total. The van der Waals surface area contributed by atoms with Crippen molar-refractivity contribution in [1.29, 1.82) is 0 Å². The summed E-state index contributed by atoms with van der Waals surface area (Å²) in [5.74, 6) is 0.767. The van der Waals surface area contributed by atoms with E-state index in [1.807, 2.05) is 23.5 Å². The van der Waals surface area contributed by atoms with Crippen LogP contribution < -0.4 is 0 Å². The van der Waals surface area contributed by atoms with E-state index in [4.69, 9.17) is 9.97 Å². The summed E-state index contributed by atoms with van der Waals surface area (Å²) in [6.45, 7) is 4.69. The predicted octanol–water partition coefficient (Wildman–Crippen LogP) is 10.2. The van der Waals surface area contributed by atoms with Gasteiger partial charge < -0.3 is 0 Å². The molecule has 2 heterocycles. The van der Waals surface area contributed by atoms with Crippen LogP contribution in [0.25, 0.3) is 65.2 Å². The van der Waals surface area contributed by atoms with Gasteiger partial charge in [0.05, 0.1) is 11.4 Å². The summed E-state index contributed by atoms with van der Waals surface area (Å²) in [6, 6.07) is 43.0. The van der Waals surface area contributed by atoms with E-state index in [0.717, 1.165) is 33.9 Å². The molecule has 3 heteroatoms. The molecule has 0 atom stereocenters. The molecule has 1 aliphatic rings. The predicted molar refractivity (Wildman–Crippen MR) is 169 cm³/mol. The van der Waals surface area contributed by atoms with Gasteiger partial charge in [0.25, 0.3) is 0 Å². The van der Waals surface area contributed by atoms with Crippen LogP contribution in [0.4, 0.5) is 0 Å². The molecule has 0 saturated carbocycles. The van der Waals surface area contributed by atoms with Crippen molar-refractivity contribution in [2.24, 2.45) is 0 Å². The minimum Gasteiger partial charge on any atom is -0.228 e. The van der Waals surface area contributed by atoms with Crippen LogP contribution in [0.3, 0.4) is 0 Å². The molecule has 0 aliphatic heterocycles. The lowest BCUT2D eigenvalue weighted by atomic mass is 9.81. The van der Waals surface area contributed by atoms with Gasteiger partial charge in [0, 0.05) is 47.8 Å². The molecule has 2 aromatic heterocycles. The monoisotopic (exact) mass is 530 g/mol. The van der Waals surface area contributed by atoms with Crippen LogP contribution in [-0.4, -0.2) is 9.97 Å². The Morgan fingerprint density at radius 2 is 1.18 bits per heavy atom. The van der Waals surface area contributed by atoms with E-state index in [1.54, 1.807) is 0 Å². The van der Waals surface area contributed by atoms with Crippen molar-refractivity contribution in [2.75, 3.05) is 0 Å². The zero-order valence-corrected chi connectivity index (χ0v) is 23.2. The quantitative estimate of drug-likeness (QED) is 0.227. The summed E-state index contributed by atoms with van der Waals surface area (Å²) in [5, 5.41) is 2.51. The van der Waals surface area contributed by atoms with Crippen LogP contribution in [0.1, 0.15) is 25.0 Å². The summed E-state index contributed by atoms with van der Waals surface area (Å²) in [4.78, 5) is 10.5. The van der Waals surface area contributed by atoms with Gasteiger partial charge >= 0.3 is 0 Å². The van der Waals surface area contributed by atoms with Crippen LogP contribution in [0.5, 0.6) is 0 Å². The summed E-state index contributed by atoms with van der Waals surface area (Å²) in [7, 11) is 0. The normalized spacial score (nSPS) is 13.4. The molecule has 7 aromatic rings. The van der Waals surface area contributed by atoms with Crippen molar-refractivity contribution >= 4 is 31.5 Å². The van der Waals surface area contributed by atoms with E-state index >= 15 is 0 Å². The largest absolute Gasteiger partial charge is 0.228 e. The van der Waals surface area contributed by atoms with Gasteiger partial charge in [0.1, 0.15) is 0 Å². The molecule has 40 heavy (non-hydrogen) atoms. The van der Waals surface area contributed by atoms with Gasteiger partial charge in [-0.15, -0.1) is 11.3 Å². The summed E-state index contributed by atoms with van der Waals surface area (Å²) in [6.07, 6.45) is 0. The van der Waals surface area contributed by atoms with Crippen LogP contribution in [0.2, 0.25) is 0 Å². The number of rotatable bonds is 3. The first-order valence-corrected chi connectivity index (χ1v) is 14.5. The second-order valence-corrected chi connectivity index (χ2v) is 12.1. The van der Waals surface area contributed by atoms with Crippen molar-refractivity contribution in [3.8, 4) is 45.0 Å². The average Bonchev–Trinajstić information content (AvgIpc) is 3.50. The van der Waals surface area contributed by atoms with Gasteiger partial charge in [-0.05, 0) is 34.9 Å². The number of nitrogens with zero attached hydrogens (tertiary/aromatic N) is 2. The first kappa shape index (κ1) is 23.3. The number of aromatic nitrogens is 2. The highest BCUT2D eigenvalue weighted by Crippen LogP contribution is 2.55. The molecule has 0 radical (unpaired) electrons. The molecule has 1 aliphatic carbocycles. The second-order valence-electron chi connectivity index (χ2n) is 11.0. The summed E-state index contributed by atoms with van der Waals surface area (Å²) < 4.78 is 2.61. The molecule has 0 spiro atoms. The molecule has 5 aromatic carbocycles. The van der Waals surface area contributed by atoms with Gasteiger partial charge in [-0.1, -0.05) is 117 Å². The van der Waals surface area contributed by atoms with Crippen molar-refractivity contribution in [2.45, 2.75) is 19.3 Å². The van der Waals surface area contributed by atoms with E-state index in [9.17, 15) is 0 Å². The molecule has 0 saturated heterocycles. The third kappa shape index (κ3) is 3.41. The highest BCUT2D eigenvalue weighted by molar-refractivity contribution is 7.26. The Kier molecular flexibility index (Phi) is 5.07. The fourth-order valence-electron chi connectivity index (χ4n) is 6.31. The summed E-state index contributed by atoms with van der Waals surface area (Å²) in [5.41, 5.74) is 10.4. The minimum absolute atomic E-state index is 0.121. The Labute approximate surface area is 237 Å². The van der Waals surface area contributed by atoms with Gasteiger partial charge in [0.15, 0.2) is 5.82 Å². The number of fused-ring (bicyclic) bond motifs is 7. The Balaban J connectivity index is 1.50. The zero-order valence-electron chi connectivity index (χ0n) is 22.3. The Morgan fingerprint density at radius 1 is 0.575 bits per heavy atom.